The number of benzene rings is 3. The van der Waals surface area contributed by atoms with Crippen LogP contribution in [0.3, 0.4) is 0 Å². The fourth-order valence-electron chi connectivity index (χ4n) is 3.06. The molecule has 8 heteroatoms. The van der Waals surface area contributed by atoms with Crippen molar-refractivity contribution in [1.82, 2.24) is 0 Å². The number of nitrogens with one attached hydrogen (secondary N) is 1. The highest BCUT2D eigenvalue weighted by molar-refractivity contribution is 6.30. The molecule has 0 spiro atoms. The second-order valence-corrected chi connectivity index (χ2v) is 7.46. The first-order chi connectivity index (χ1) is 16.5. The van der Waals surface area contributed by atoms with Gasteiger partial charge in [0.2, 0.25) is 0 Å². The highest BCUT2D eigenvalue weighted by Gasteiger charge is 2.13. The quantitative estimate of drug-likeness (QED) is 0.323. The van der Waals surface area contributed by atoms with E-state index in [0.717, 1.165) is 5.56 Å². The third-order valence-corrected chi connectivity index (χ3v) is 5.06. The van der Waals surface area contributed by atoms with E-state index in [1.807, 2.05) is 18.2 Å². The minimum Gasteiger partial charge on any atom is -0.493 e. The first-order valence-corrected chi connectivity index (χ1v) is 10.6. The number of halogens is 1. The Bertz CT molecular complexity index is 1230. The van der Waals surface area contributed by atoms with Crippen molar-refractivity contribution in [2.24, 2.45) is 0 Å². The van der Waals surface area contributed by atoms with E-state index in [1.165, 1.54) is 27.4 Å². The van der Waals surface area contributed by atoms with Crippen LogP contribution in [0.5, 0.6) is 23.0 Å². The zero-order chi connectivity index (χ0) is 24.5. The first-order valence-electron chi connectivity index (χ1n) is 10.2. The molecule has 0 atom stereocenters. The molecule has 3 aromatic rings. The van der Waals surface area contributed by atoms with Crippen molar-refractivity contribution in [1.29, 1.82) is 5.26 Å². The molecule has 0 bridgehead atoms. The van der Waals surface area contributed by atoms with Crippen LogP contribution in [0.15, 0.2) is 66.2 Å². The average Bonchev–Trinajstić information content (AvgIpc) is 2.86. The number of hydrogen-bond donors (Lipinski definition) is 1. The topological polar surface area (TPSA) is 89.8 Å². The number of carbonyl (C=O) groups is 1. The van der Waals surface area contributed by atoms with Crippen molar-refractivity contribution in [3.8, 4) is 29.1 Å². The van der Waals surface area contributed by atoms with Gasteiger partial charge in [0.15, 0.2) is 23.0 Å². The van der Waals surface area contributed by atoms with Crippen LogP contribution in [0, 0.1) is 11.3 Å². The van der Waals surface area contributed by atoms with E-state index in [9.17, 15) is 10.1 Å². The summed E-state index contributed by atoms with van der Waals surface area (Å²) in [7, 11) is 4.54. The van der Waals surface area contributed by atoms with Gasteiger partial charge < -0.3 is 24.3 Å². The fourth-order valence-corrected chi connectivity index (χ4v) is 3.19. The molecule has 0 radical (unpaired) electrons. The predicted molar refractivity (Wildman–Crippen MR) is 131 cm³/mol. The predicted octanol–water partition coefficient (Wildman–Crippen LogP) is 5.49. The monoisotopic (exact) mass is 478 g/mol. The highest BCUT2D eigenvalue weighted by atomic mass is 35.5. The van der Waals surface area contributed by atoms with E-state index in [-0.39, 0.29) is 5.57 Å². The van der Waals surface area contributed by atoms with Crippen LogP contribution < -0.4 is 24.3 Å². The molecule has 3 aromatic carbocycles. The summed E-state index contributed by atoms with van der Waals surface area (Å²) in [5, 5.41) is 12.9. The summed E-state index contributed by atoms with van der Waals surface area (Å²) in [6, 6.07) is 19.4. The van der Waals surface area contributed by atoms with Crippen LogP contribution in [0.2, 0.25) is 5.02 Å². The van der Waals surface area contributed by atoms with Gasteiger partial charge in [-0.05, 0) is 53.6 Å². The second kappa shape index (κ2) is 11.6. The summed E-state index contributed by atoms with van der Waals surface area (Å²) < 4.78 is 21.7. The Kier molecular flexibility index (Phi) is 8.38. The first kappa shape index (κ1) is 24.5. The normalized spacial score (nSPS) is 10.7. The molecule has 0 saturated heterocycles. The molecule has 0 fully saturated rings. The summed E-state index contributed by atoms with van der Waals surface area (Å²) in [5.74, 6) is 1.43. The standard InChI is InChI=1S/C26H23ClN2O5/c1-31-22-11-9-21(14-25(22)33-3)29-26(30)19(15-28)12-18-6-10-23(24(13-18)32-2)34-16-17-4-7-20(27)8-5-17/h4-14H,16H2,1-3H3,(H,29,30)/b19-12+. The van der Waals surface area contributed by atoms with Gasteiger partial charge >= 0.3 is 0 Å². The minimum absolute atomic E-state index is 0.0772. The molecule has 1 amide bonds. The Morgan fingerprint density at radius 3 is 2.21 bits per heavy atom. The number of carbonyl (C=O) groups excluding carboxylic acids is 1. The highest BCUT2D eigenvalue weighted by Crippen LogP contribution is 2.31. The van der Waals surface area contributed by atoms with E-state index in [0.29, 0.717) is 45.9 Å². The molecule has 34 heavy (non-hydrogen) atoms. The van der Waals surface area contributed by atoms with Gasteiger partial charge in [0.1, 0.15) is 18.2 Å². The van der Waals surface area contributed by atoms with E-state index < -0.39 is 5.91 Å². The lowest BCUT2D eigenvalue weighted by Crippen LogP contribution is -2.13. The van der Waals surface area contributed by atoms with Crippen molar-refractivity contribution in [3.63, 3.8) is 0 Å². The molecule has 3 rings (SSSR count). The molecule has 0 unspecified atom stereocenters. The fraction of sp³-hybridized carbons (Fsp3) is 0.154. The van der Waals surface area contributed by atoms with Gasteiger partial charge in [-0.15, -0.1) is 0 Å². The van der Waals surface area contributed by atoms with E-state index in [1.54, 1.807) is 48.5 Å². The molecule has 174 valence electrons. The summed E-state index contributed by atoms with van der Waals surface area (Å²) in [4.78, 5) is 12.7. The van der Waals surface area contributed by atoms with Gasteiger partial charge in [-0.3, -0.25) is 4.79 Å². The summed E-state index contributed by atoms with van der Waals surface area (Å²) >= 11 is 5.91. The number of nitriles is 1. The van der Waals surface area contributed by atoms with E-state index in [4.69, 9.17) is 30.5 Å². The maximum Gasteiger partial charge on any atom is 0.266 e. The third-order valence-electron chi connectivity index (χ3n) is 4.81. The number of hydrogen-bond acceptors (Lipinski definition) is 6. The molecule has 0 saturated carbocycles. The average molecular weight is 479 g/mol. The molecule has 0 heterocycles. The SMILES string of the molecule is COc1ccc(NC(=O)/C(C#N)=C/c2ccc(OCc3ccc(Cl)cc3)c(OC)c2)cc1OC. The zero-order valence-corrected chi connectivity index (χ0v) is 19.7. The Labute approximate surface area is 203 Å². The van der Waals surface area contributed by atoms with Crippen LogP contribution >= 0.6 is 11.6 Å². The van der Waals surface area contributed by atoms with Crippen LogP contribution in [-0.4, -0.2) is 27.2 Å². The molecule has 0 aliphatic rings. The zero-order valence-electron chi connectivity index (χ0n) is 18.9. The lowest BCUT2D eigenvalue weighted by Gasteiger charge is -2.12. The van der Waals surface area contributed by atoms with Gasteiger partial charge in [0.05, 0.1) is 21.3 Å². The number of nitrogens with zero attached hydrogens (tertiary/aromatic N) is 1. The molecular formula is C26H23ClN2O5. The summed E-state index contributed by atoms with van der Waals surface area (Å²) in [5.41, 5.74) is 1.95. The molecule has 1 N–H and O–H groups in total. The van der Waals surface area contributed by atoms with Crippen molar-refractivity contribution in [3.05, 3.63) is 82.4 Å². The molecule has 0 aliphatic heterocycles. The second-order valence-electron chi connectivity index (χ2n) is 7.02. The lowest BCUT2D eigenvalue weighted by molar-refractivity contribution is -0.112. The van der Waals surface area contributed by atoms with Crippen molar-refractivity contribution < 1.29 is 23.7 Å². The number of amides is 1. The van der Waals surface area contributed by atoms with E-state index >= 15 is 0 Å². The Morgan fingerprint density at radius 1 is 0.912 bits per heavy atom. The van der Waals surface area contributed by atoms with E-state index in [2.05, 4.69) is 5.32 Å². The molecule has 0 aliphatic carbocycles. The van der Waals surface area contributed by atoms with Gasteiger partial charge in [0.25, 0.3) is 5.91 Å². The Morgan fingerprint density at radius 2 is 1.56 bits per heavy atom. The Hall–Kier alpha value is -4.15. The maximum absolute atomic E-state index is 12.7. The van der Waals surface area contributed by atoms with Crippen LogP contribution in [0.4, 0.5) is 5.69 Å². The van der Waals surface area contributed by atoms with Gasteiger partial charge in [-0.2, -0.15) is 5.26 Å². The number of methoxy groups -OCH3 is 3. The van der Waals surface area contributed by atoms with Crippen molar-refractivity contribution in [2.45, 2.75) is 6.61 Å². The van der Waals surface area contributed by atoms with Gasteiger partial charge in [0, 0.05) is 16.8 Å². The smallest absolute Gasteiger partial charge is 0.266 e. The maximum atomic E-state index is 12.7. The number of anilines is 1. The molecule has 0 aromatic heterocycles. The number of rotatable bonds is 9. The minimum atomic E-state index is -0.559. The third kappa shape index (κ3) is 6.21. The van der Waals surface area contributed by atoms with Crippen LogP contribution in [0.25, 0.3) is 6.08 Å². The van der Waals surface area contributed by atoms with Gasteiger partial charge in [-0.1, -0.05) is 29.8 Å². The van der Waals surface area contributed by atoms with Crippen LogP contribution in [0.1, 0.15) is 11.1 Å². The molecular weight excluding hydrogens is 456 g/mol. The number of ether oxygens (including phenoxy) is 4. The van der Waals surface area contributed by atoms with Gasteiger partial charge in [-0.25, -0.2) is 0 Å². The summed E-state index contributed by atoms with van der Waals surface area (Å²) in [6.07, 6.45) is 1.47. The van der Waals surface area contributed by atoms with Crippen molar-refractivity contribution in [2.75, 3.05) is 26.6 Å². The summed E-state index contributed by atoms with van der Waals surface area (Å²) in [6.45, 7) is 0.333. The Balaban J connectivity index is 1.75. The lowest BCUT2D eigenvalue weighted by atomic mass is 10.1. The van der Waals surface area contributed by atoms with Crippen molar-refractivity contribution >= 4 is 29.3 Å². The molecule has 7 nitrogen and oxygen atoms in total. The largest absolute Gasteiger partial charge is 0.493 e. The van der Waals surface area contributed by atoms with Crippen LogP contribution in [-0.2, 0) is 11.4 Å².